The molecule has 0 radical (unpaired) electrons. The average molecular weight is 331 g/mol. The van der Waals surface area contributed by atoms with E-state index in [1.165, 1.54) is 10.8 Å². The third kappa shape index (κ3) is 5.08. The Morgan fingerprint density at radius 2 is 2.04 bits per heavy atom. The van der Waals surface area contributed by atoms with Crippen LogP contribution in [0.4, 0.5) is 5.82 Å². The molecule has 0 aliphatic carbocycles. The molecule has 0 atom stereocenters. The van der Waals surface area contributed by atoms with Gasteiger partial charge in [-0.05, 0) is 31.9 Å². The molecule has 0 fully saturated rings. The zero-order chi connectivity index (χ0) is 17.5. The van der Waals surface area contributed by atoms with Gasteiger partial charge in [0.05, 0.1) is 0 Å². The van der Waals surface area contributed by atoms with Gasteiger partial charge in [0, 0.05) is 31.0 Å². The number of aromatic nitrogens is 3. The molecule has 8 nitrogen and oxygen atoms in total. The van der Waals surface area contributed by atoms with Crippen molar-refractivity contribution in [2.24, 2.45) is 0 Å². The van der Waals surface area contributed by atoms with Crippen LogP contribution in [-0.2, 0) is 11.3 Å². The number of carbonyl (C=O) groups is 1. The van der Waals surface area contributed by atoms with E-state index in [1.807, 2.05) is 19.1 Å². The van der Waals surface area contributed by atoms with Crippen molar-refractivity contribution in [1.29, 1.82) is 0 Å². The van der Waals surface area contributed by atoms with E-state index in [0.717, 1.165) is 17.8 Å². The lowest BCUT2D eigenvalue weighted by Crippen LogP contribution is -2.37. The first-order valence-electron chi connectivity index (χ1n) is 7.69. The van der Waals surface area contributed by atoms with Crippen molar-refractivity contribution in [3.63, 3.8) is 0 Å². The third-order valence-electron chi connectivity index (χ3n) is 3.40. The number of aromatic amines is 1. The van der Waals surface area contributed by atoms with Gasteiger partial charge in [0.15, 0.2) is 0 Å². The van der Waals surface area contributed by atoms with Crippen LogP contribution < -0.4 is 21.9 Å². The van der Waals surface area contributed by atoms with E-state index in [-0.39, 0.29) is 12.5 Å². The first kappa shape index (κ1) is 17.5. The highest BCUT2D eigenvalue weighted by Gasteiger charge is 2.06. The molecule has 0 saturated carbocycles. The van der Waals surface area contributed by atoms with Crippen LogP contribution in [0.25, 0.3) is 0 Å². The fraction of sp³-hybridized carbons (Fsp3) is 0.375. The predicted octanol–water partition coefficient (Wildman–Crippen LogP) is 0.167. The molecule has 24 heavy (non-hydrogen) atoms. The van der Waals surface area contributed by atoms with Crippen molar-refractivity contribution in [3.8, 4) is 0 Å². The fourth-order valence-corrected chi connectivity index (χ4v) is 2.05. The van der Waals surface area contributed by atoms with Crippen molar-refractivity contribution < 1.29 is 4.79 Å². The van der Waals surface area contributed by atoms with Gasteiger partial charge in [0.1, 0.15) is 12.4 Å². The Bertz CT molecular complexity index is 808. The highest BCUT2D eigenvalue weighted by molar-refractivity contribution is 5.75. The van der Waals surface area contributed by atoms with Gasteiger partial charge in [-0.1, -0.05) is 6.07 Å². The number of pyridine rings is 1. The summed E-state index contributed by atoms with van der Waals surface area (Å²) >= 11 is 0. The van der Waals surface area contributed by atoms with Crippen molar-refractivity contribution in [3.05, 3.63) is 56.5 Å². The number of hydrogen-bond acceptors (Lipinski definition) is 5. The van der Waals surface area contributed by atoms with Crippen molar-refractivity contribution in [2.75, 3.05) is 18.4 Å². The number of hydrogen-bond donors (Lipinski definition) is 3. The topological polar surface area (TPSA) is 109 Å². The monoisotopic (exact) mass is 331 g/mol. The molecule has 0 aliphatic heterocycles. The normalized spacial score (nSPS) is 10.4. The SMILES string of the molecule is Cc1ccc(NCCCNC(=O)Cn2cc(C)c(=O)[nH]c2=O)nc1. The Balaban J connectivity index is 1.72. The lowest BCUT2D eigenvalue weighted by molar-refractivity contribution is -0.121. The summed E-state index contributed by atoms with van der Waals surface area (Å²) in [5.41, 5.74) is 0.457. The second kappa shape index (κ2) is 8.09. The molecule has 0 saturated heterocycles. The minimum absolute atomic E-state index is 0.122. The summed E-state index contributed by atoms with van der Waals surface area (Å²) in [5.74, 6) is 0.513. The minimum atomic E-state index is -0.590. The molecule has 2 heterocycles. The molecule has 128 valence electrons. The zero-order valence-corrected chi connectivity index (χ0v) is 13.8. The zero-order valence-electron chi connectivity index (χ0n) is 13.8. The molecular formula is C16H21N5O3. The molecule has 3 N–H and O–H groups in total. The largest absolute Gasteiger partial charge is 0.370 e. The third-order valence-corrected chi connectivity index (χ3v) is 3.40. The maximum atomic E-state index is 11.8. The summed E-state index contributed by atoms with van der Waals surface area (Å²) in [6.45, 7) is 4.59. The highest BCUT2D eigenvalue weighted by atomic mass is 16.2. The lowest BCUT2D eigenvalue weighted by atomic mass is 10.3. The molecule has 0 aromatic carbocycles. The van der Waals surface area contributed by atoms with Crippen molar-refractivity contribution in [1.82, 2.24) is 19.9 Å². The number of nitrogens with zero attached hydrogens (tertiary/aromatic N) is 2. The van der Waals surface area contributed by atoms with Crippen LogP contribution in [0.5, 0.6) is 0 Å². The number of rotatable bonds is 7. The van der Waals surface area contributed by atoms with E-state index in [2.05, 4.69) is 20.6 Å². The Labute approximate surface area is 138 Å². The molecule has 0 unspecified atom stereocenters. The van der Waals surface area contributed by atoms with Crippen molar-refractivity contribution >= 4 is 11.7 Å². The maximum Gasteiger partial charge on any atom is 0.328 e. The van der Waals surface area contributed by atoms with E-state index in [0.29, 0.717) is 18.7 Å². The number of amides is 1. The summed E-state index contributed by atoms with van der Waals surface area (Å²) in [6, 6.07) is 3.87. The number of aryl methyl sites for hydroxylation is 2. The van der Waals surface area contributed by atoms with Crippen molar-refractivity contribution in [2.45, 2.75) is 26.8 Å². The molecule has 1 amide bonds. The average Bonchev–Trinajstić information content (AvgIpc) is 2.54. The molecule has 8 heteroatoms. The number of carbonyl (C=O) groups excluding carboxylic acids is 1. The number of H-pyrrole nitrogens is 1. The van der Waals surface area contributed by atoms with Gasteiger partial charge < -0.3 is 10.6 Å². The molecule has 2 aromatic heterocycles. The predicted molar refractivity (Wildman–Crippen MR) is 91.2 cm³/mol. The smallest absolute Gasteiger partial charge is 0.328 e. The second-order valence-electron chi connectivity index (χ2n) is 5.55. The Morgan fingerprint density at radius 3 is 2.75 bits per heavy atom. The van der Waals surface area contributed by atoms with E-state index in [1.54, 1.807) is 13.1 Å². The van der Waals surface area contributed by atoms with Gasteiger partial charge in [-0.3, -0.25) is 19.1 Å². The minimum Gasteiger partial charge on any atom is -0.370 e. The van der Waals surface area contributed by atoms with E-state index in [4.69, 9.17) is 0 Å². The number of anilines is 1. The Kier molecular flexibility index (Phi) is 5.89. The summed E-state index contributed by atoms with van der Waals surface area (Å²) in [7, 11) is 0. The molecule has 2 rings (SSSR count). The lowest BCUT2D eigenvalue weighted by Gasteiger charge is -2.08. The first-order chi connectivity index (χ1) is 11.5. The van der Waals surface area contributed by atoms with Crippen LogP contribution in [0.2, 0.25) is 0 Å². The Hall–Kier alpha value is -2.90. The summed E-state index contributed by atoms with van der Waals surface area (Å²) in [6.07, 6.45) is 3.89. The molecule has 0 aliphatic rings. The van der Waals surface area contributed by atoms with Gasteiger partial charge in [-0.2, -0.15) is 0 Å². The molecular weight excluding hydrogens is 310 g/mol. The quantitative estimate of drug-likeness (QED) is 0.627. The van der Waals surface area contributed by atoms with Crippen LogP contribution in [0.1, 0.15) is 17.5 Å². The molecule has 0 spiro atoms. The first-order valence-corrected chi connectivity index (χ1v) is 7.69. The van der Waals surface area contributed by atoms with Crippen LogP contribution in [-0.4, -0.2) is 33.5 Å². The van der Waals surface area contributed by atoms with Gasteiger partial charge in [-0.15, -0.1) is 0 Å². The van der Waals surface area contributed by atoms with Crippen LogP contribution in [0, 0.1) is 13.8 Å². The van der Waals surface area contributed by atoms with E-state index < -0.39 is 11.2 Å². The van der Waals surface area contributed by atoms with E-state index in [9.17, 15) is 14.4 Å². The Morgan fingerprint density at radius 1 is 1.25 bits per heavy atom. The summed E-state index contributed by atoms with van der Waals surface area (Å²) < 4.78 is 1.18. The molecule has 2 aromatic rings. The van der Waals surface area contributed by atoms with Gasteiger partial charge in [0.2, 0.25) is 5.91 Å². The summed E-state index contributed by atoms with van der Waals surface area (Å²) in [4.78, 5) is 41.1. The second-order valence-corrected chi connectivity index (χ2v) is 5.55. The fourth-order valence-electron chi connectivity index (χ4n) is 2.05. The number of nitrogens with one attached hydrogen (secondary N) is 3. The van der Waals surface area contributed by atoms with E-state index >= 15 is 0 Å². The highest BCUT2D eigenvalue weighted by Crippen LogP contribution is 2.03. The van der Waals surface area contributed by atoms with Crippen LogP contribution >= 0.6 is 0 Å². The van der Waals surface area contributed by atoms with Gasteiger partial charge >= 0.3 is 5.69 Å². The van der Waals surface area contributed by atoms with Crippen LogP contribution in [0.15, 0.2) is 34.1 Å². The van der Waals surface area contributed by atoms with Gasteiger partial charge in [-0.25, -0.2) is 9.78 Å². The maximum absolute atomic E-state index is 11.8. The standard InChI is InChI=1S/C16H21N5O3/c1-11-4-5-13(19-8-11)17-6-3-7-18-14(22)10-21-9-12(2)15(23)20-16(21)24/h4-5,8-9H,3,6-7,10H2,1-2H3,(H,17,19)(H,18,22)(H,20,23,24). The van der Waals surface area contributed by atoms with Crippen LogP contribution in [0.3, 0.4) is 0 Å². The summed E-state index contributed by atoms with van der Waals surface area (Å²) in [5, 5.41) is 5.90. The molecule has 0 bridgehead atoms. The van der Waals surface area contributed by atoms with Gasteiger partial charge in [0.25, 0.3) is 5.56 Å².